The minimum absolute atomic E-state index is 0.0950. The molecule has 2 saturated heterocycles. The van der Waals surface area contributed by atoms with Crippen LogP contribution in [0.2, 0.25) is 0 Å². The lowest BCUT2D eigenvalue weighted by Crippen LogP contribution is -2.48. The Morgan fingerprint density at radius 2 is 2.04 bits per heavy atom. The van der Waals surface area contributed by atoms with Crippen molar-refractivity contribution in [1.82, 2.24) is 10.8 Å². The Morgan fingerprint density at radius 1 is 1.24 bits per heavy atom. The van der Waals surface area contributed by atoms with Crippen molar-refractivity contribution in [2.24, 2.45) is 0 Å². The molecular formula is C19H28N2O4. The van der Waals surface area contributed by atoms with Crippen LogP contribution in [-0.4, -0.2) is 38.7 Å². The van der Waals surface area contributed by atoms with E-state index in [2.05, 4.69) is 35.9 Å². The fourth-order valence-corrected chi connectivity index (χ4v) is 3.68. The van der Waals surface area contributed by atoms with Gasteiger partial charge in [0.15, 0.2) is 6.29 Å². The van der Waals surface area contributed by atoms with Gasteiger partial charge in [0.2, 0.25) is 0 Å². The fraction of sp³-hybridized carbons (Fsp3) is 0.632. The van der Waals surface area contributed by atoms with E-state index < -0.39 is 0 Å². The summed E-state index contributed by atoms with van der Waals surface area (Å²) in [4.78, 5) is 17.5. The van der Waals surface area contributed by atoms with E-state index in [4.69, 9.17) is 14.3 Å². The van der Waals surface area contributed by atoms with Crippen molar-refractivity contribution >= 4 is 6.03 Å². The lowest BCUT2D eigenvalue weighted by molar-refractivity contribution is -0.186. The first kappa shape index (κ1) is 18.2. The minimum atomic E-state index is -0.340. The highest BCUT2D eigenvalue weighted by atomic mass is 16.8. The van der Waals surface area contributed by atoms with Crippen LogP contribution in [0.1, 0.15) is 43.2 Å². The average Bonchev–Trinajstić information content (AvgIpc) is 2.67. The smallest absolute Gasteiger partial charge is 0.338 e. The Morgan fingerprint density at radius 3 is 2.76 bits per heavy atom. The number of amides is 2. The van der Waals surface area contributed by atoms with Gasteiger partial charge >= 0.3 is 6.03 Å². The van der Waals surface area contributed by atoms with E-state index in [-0.39, 0.29) is 17.7 Å². The number of nitrogens with one attached hydrogen (secondary N) is 2. The van der Waals surface area contributed by atoms with Crippen LogP contribution in [0.15, 0.2) is 24.3 Å². The normalized spacial score (nSPS) is 23.0. The Kier molecular flexibility index (Phi) is 6.29. The van der Waals surface area contributed by atoms with Gasteiger partial charge in [0, 0.05) is 38.2 Å². The number of ether oxygens (including phenoxy) is 2. The van der Waals surface area contributed by atoms with Crippen LogP contribution in [0.25, 0.3) is 0 Å². The molecule has 0 radical (unpaired) electrons. The molecule has 2 amide bonds. The van der Waals surface area contributed by atoms with E-state index in [1.165, 1.54) is 11.1 Å². The van der Waals surface area contributed by atoms with E-state index in [0.717, 1.165) is 32.1 Å². The highest BCUT2D eigenvalue weighted by Gasteiger charge is 2.35. The predicted molar refractivity (Wildman–Crippen MR) is 94.1 cm³/mol. The van der Waals surface area contributed by atoms with Gasteiger partial charge < -0.3 is 14.8 Å². The Balaban J connectivity index is 1.57. The lowest BCUT2D eigenvalue weighted by Gasteiger charge is -2.39. The van der Waals surface area contributed by atoms with Gasteiger partial charge in [-0.2, -0.15) is 0 Å². The average molecular weight is 348 g/mol. The van der Waals surface area contributed by atoms with E-state index in [0.29, 0.717) is 26.4 Å². The SMILES string of the molecule is Cc1ccccc1C1(CNC(=O)NO[C@H]2CCCCO2)CCOCC1. The van der Waals surface area contributed by atoms with E-state index in [1.807, 2.05) is 6.07 Å². The molecule has 1 aromatic rings. The fourth-order valence-electron chi connectivity index (χ4n) is 3.68. The standard InChI is InChI=1S/C19H28N2O4/c1-15-6-2-3-7-16(15)19(9-12-23-13-10-19)14-20-18(22)21-25-17-8-4-5-11-24-17/h2-3,6-7,17H,4-5,8-14H2,1H3,(H2,20,21,22)/t17-/m0/s1. The summed E-state index contributed by atoms with van der Waals surface area (Å²) in [5.41, 5.74) is 4.91. The second kappa shape index (κ2) is 8.65. The molecule has 2 fully saturated rings. The predicted octanol–water partition coefficient (Wildman–Crippen LogP) is 2.80. The molecule has 2 heterocycles. The van der Waals surface area contributed by atoms with Crippen LogP contribution in [0, 0.1) is 6.92 Å². The number of benzene rings is 1. The van der Waals surface area contributed by atoms with Crippen LogP contribution < -0.4 is 10.8 Å². The first-order valence-electron chi connectivity index (χ1n) is 9.15. The summed E-state index contributed by atoms with van der Waals surface area (Å²) in [5.74, 6) is 0. The zero-order valence-electron chi connectivity index (χ0n) is 14.9. The second-order valence-corrected chi connectivity index (χ2v) is 6.91. The van der Waals surface area contributed by atoms with Crippen LogP contribution in [0.3, 0.4) is 0 Å². The number of hydrogen-bond donors (Lipinski definition) is 2. The molecule has 6 nitrogen and oxygen atoms in total. The summed E-state index contributed by atoms with van der Waals surface area (Å²) in [5, 5.41) is 2.97. The summed E-state index contributed by atoms with van der Waals surface area (Å²) >= 11 is 0. The second-order valence-electron chi connectivity index (χ2n) is 6.91. The third-order valence-corrected chi connectivity index (χ3v) is 5.17. The summed E-state index contributed by atoms with van der Waals surface area (Å²) < 4.78 is 11.0. The molecule has 2 aliphatic rings. The van der Waals surface area contributed by atoms with Gasteiger partial charge in [-0.3, -0.25) is 0 Å². The number of hydrogen-bond acceptors (Lipinski definition) is 4. The van der Waals surface area contributed by atoms with Crippen molar-refractivity contribution in [3.8, 4) is 0 Å². The molecule has 1 aromatic carbocycles. The topological polar surface area (TPSA) is 68.8 Å². The molecular weight excluding hydrogens is 320 g/mol. The van der Waals surface area contributed by atoms with Gasteiger partial charge in [-0.25, -0.2) is 15.1 Å². The van der Waals surface area contributed by atoms with Crippen molar-refractivity contribution < 1.29 is 19.1 Å². The minimum Gasteiger partial charge on any atom is -0.381 e. The van der Waals surface area contributed by atoms with Gasteiger partial charge in [-0.1, -0.05) is 24.3 Å². The van der Waals surface area contributed by atoms with Crippen LogP contribution in [-0.2, 0) is 19.7 Å². The van der Waals surface area contributed by atoms with Crippen molar-refractivity contribution in [1.29, 1.82) is 0 Å². The third-order valence-electron chi connectivity index (χ3n) is 5.17. The molecule has 0 unspecified atom stereocenters. The van der Waals surface area contributed by atoms with Crippen molar-refractivity contribution in [3.63, 3.8) is 0 Å². The van der Waals surface area contributed by atoms with E-state index in [9.17, 15) is 4.79 Å². The van der Waals surface area contributed by atoms with Crippen molar-refractivity contribution in [2.75, 3.05) is 26.4 Å². The van der Waals surface area contributed by atoms with Crippen molar-refractivity contribution in [2.45, 2.75) is 50.7 Å². The number of hydroxylamine groups is 1. The molecule has 1 atom stereocenters. The first-order chi connectivity index (χ1) is 12.2. The van der Waals surface area contributed by atoms with E-state index >= 15 is 0 Å². The summed E-state index contributed by atoms with van der Waals surface area (Å²) in [6.45, 7) is 4.79. The number of carbonyl (C=O) groups excluding carboxylic acids is 1. The molecule has 0 spiro atoms. The first-order valence-corrected chi connectivity index (χ1v) is 9.15. The Hall–Kier alpha value is -1.63. The Labute approximate surface area is 149 Å². The van der Waals surface area contributed by atoms with Crippen LogP contribution >= 0.6 is 0 Å². The van der Waals surface area contributed by atoms with Gasteiger partial charge in [0.1, 0.15) is 0 Å². The molecule has 6 heteroatoms. The van der Waals surface area contributed by atoms with Gasteiger partial charge in [0.05, 0.1) is 0 Å². The highest BCUT2D eigenvalue weighted by molar-refractivity contribution is 5.72. The molecule has 2 aliphatic heterocycles. The summed E-state index contributed by atoms with van der Waals surface area (Å²) in [6, 6.07) is 8.06. The zero-order chi connectivity index (χ0) is 17.5. The van der Waals surface area contributed by atoms with Crippen LogP contribution in [0.4, 0.5) is 4.79 Å². The molecule has 3 rings (SSSR count). The monoisotopic (exact) mass is 348 g/mol. The third kappa shape index (κ3) is 4.71. The van der Waals surface area contributed by atoms with E-state index in [1.54, 1.807) is 0 Å². The number of carbonyl (C=O) groups is 1. The van der Waals surface area contributed by atoms with Gasteiger partial charge in [0.25, 0.3) is 0 Å². The molecule has 0 bridgehead atoms. The molecule has 0 aromatic heterocycles. The van der Waals surface area contributed by atoms with Crippen LogP contribution in [0.5, 0.6) is 0 Å². The maximum absolute atomic E-state index is 12.2. The maximum atomic E-state index is 12.2. The van der Waals surface area contributed by atoms with Gasteiger partial charge in [-0.15, -0.1) is 0 Å². The molecule has 0 saturated carbocycles. The van der Waals surface area contributed by atoms with Gasteiger partial charge in [-0.05, 0) is 43.7 Å². The highest BCUT2D eigenvalue weighted by Crippen LogP contribution is 2.36. The summed E-state index contributed by atoms with van der Waals surface area (Å²) in [7, 11) is 0. The number of urea groups is 1. The number of aryl methyl sites for hydroxylation is 1. The molecule has 25 heavy (non-hydrogen) atoms. The summed E-state index contributed by atoms with van der Waals surface area (Å²) in [6.07, 6.45) is 4.37. The lowest BCUT2D eigenvalue weighted by atomic mass is 9.72. The maximum Gasteiger partial charge on any atom is 0.338 e. The molecule has 138 valence electrons. The molecule has 0 aliphatic carbocycles. The molecule has 2 N–H and O–H groups in total. The zero-order valence-corrected chi connectivity index (χ0v) is 14.9. The number of rotatable bonds is 5. The Bertz CT molecular complexity index is 566. The van der Waals surface area contributed by atoms with Crippen molar-refractivity contribution in [3.05, 3.63) is 35.4 Å². The quantitative estimate of drug-likeness (QED) is 0.803. The largest absolute Gasteiger partial charge is 0.381 e.